The van der Waals surface area contributed by atoms with Crippen LogP contribution in [0.15, 0.2) is 24.3 Å². The lowest BCUT2D eigenvalue weighted by Crippen LogP contribution is -2.36. The molecule has 0 bridgehead atoms. The minimum absolute atomic E-state index is 0.174. The number of hydrogen-bond acceptors (Lipinski definition) is 4. The largest absolute Gasteiger partial charge is 0.444 e. The van der Waals surface area contributed by atoms with Gasteiger partial charge < -0.3 is 10.1 Å². The van der Waals surface area contributed by atoms with E-state index in [1.807, 2.05) is 20.8 Å². The van der Waals surface area contributed by atoms with Crippen LogP contribution in [0.5, 0.6) is 0 Å². The van der Waals surface area contributed by atoms with Crippen LogP contribution in [0.2, 0.25) is 0 Å². The summed E-state index contributed by atoms with van der Waals surface area (Å²) in [6, 6.07) is 7.01. The van der Waals surface area contributed by atoms with Crippen molar-refractivity contribution in [3.8, 4) is 0 Å². The fourth-order valence-corrected chi connectivity index (χ4v) is 1.53. The first-order valence-corrected chi connectivity index (χ1v) is 6.71. The maximum Gasteiger partial charge on any atom is 0.407 e. The molecule has 2 N–H and O–H groups in total. The van der Waals surface area contributed by atoms with Gasteiger partial charge in [-0.2, -0.15) is 0 Å². The fourth-order valence-electron chi connectivity index (χ4n) is 1.53. The molecule has 0 aliphatic carbocycles. The zero-order valence-electron chi connectivity index (χ0n) is 13.2. The summed E-state index contributed by atoms with van der Waals surface area (Å²) in [6.45, 7) is 5.78. The molecule has 1 aromatic carbocycles. The van der Waals surface area contributed by atoms with Gasteiger partial charge >= 0.3 is 6.09 Å². The second-order valence-electron chi connectivity index (χ2n) is 5.89. The molecule has 21 heavy (non-hydrogen) atoms. The smallest absolute Gasteiger partial charge is 0.407 e. The number of alkyl carbamates (subject to hydrolysis) is 1. The van der Waals surface area contributed by atoms with E-state index in [0.717, 1.165) is 5.56 Å². The Morgan fingerprint density at radius 1 is 1.14 bits per heavy atom. The molecule has 2 amide bonds. The number of carbonyl (C=O) groups is 2. The number of ether oxygens (including phenoxy) is 1. The van der Waals surface area contributed by atoms with Gasteiger partial charge in [-0.1, -0.05) is 12.1 Å². The van der Waals surface area contributed by atoms with Crippen molar-refractivity contribution in [2.45, 2.75) is 32.9 Å². The minimum atomic E-state index is -0.516. The SMILES string of the molecule is CN(C)NC(=O)c1ccc(CNC(=O)OC(C)(C)C)cc1. The highest BCUT2D eigenvalue weighted by atomic mass is 16.6. The molecule has 0 heterocycles. The molecule has 6 nitrogen and oxygen atoms in total. The van der Waals surface area contributed by atoms with Gasteiger partial charge in [-0.25, -0.2) is 9.80 Å². The predicted octanol–water partition coefficient (Wildman–Crippen LogP) is 1.92. The van der Waals surface area contributed by atoms with Crippen molar-refractivity contribution in [3.05, 3.63) is 35.4 Å². The van der Waals surface area contributed by atoms with Crippen LogP contribution in [-0.4, -0.2) is 36.7 Å². The van der Waals surface area contributed by atoms with Crippen molar-refractivity contribution < 1.29 is 14.3 Å². The van der Waals surface area contributed by atoms with Crippen molar-refractivity contribution >= 4 is 12.0 Å². The van der Waals surface area contributed by atoms with E-state index in [-0.39, 0.29) is 5.91 Å². The highest BCUT2D eigenvalue weighted by molar-refractivity contribution is 5.93. The van der Waals surface area contributed by atoms with Gasteiger partial charge in [0.05, 0.1) is 0 Å². The van der Waals surface area contributed by atoms with Crippen molar-refractivity contribution in [1.82, 2.24) is 15.8 Å². The number of carbonyl (C=O) groups excluding carboxylic acids is 2. The summed E-state index contributed by atoms with van der Waals surface area (Å²) in [5.74, 6) is -0.174. The Balaban J connectivity index is 2.52. The van der Waals surface area contributed by atoms with Gasteiger partial charge in [0.1, 0.15) is 5.60 Å². The monoisotopic (exact) mass is 293 g/mol. The quantitative estimate of drug-likeness (QED) is 0.832. The first-order valence-electron chi connectivity index (χ1n) is 6.71. The Bertz CT molecular complexity index is 490. The Kier molecular flexibility index (Phi) is 5.72. The lowest BCUT2D eigenvalue weighted by Gasteiger charge is -2.19. The Labute approximate surface area is 125 Å². The summed E-state index contributed by atoms with van der Waals surface area (Å²) in [4.78, 5) is 23.3. The number of nitrogens with zero attached hydrogens (tertiary/aromatic N) is 1. The molecule has 0 radical (unpaired) electrons. The summed E-state index contributed by atoms with van der Waals surface area (Å²) in [5, 5.41) is 4.25. The maximum absolute atomic E-state index is 11.7. The molecule has 0 aliphatic rings. The van der Waals surface area contributed by atoms with E-state index in [0.29, 0.717) is 12.1 Å². The summed E-state index contributed by atoms with van der Waals surface area (Å²) >= 11 is 0. The van der Waals surface area contributed by atoms with Gasteiger partial charge in [-0.3, -0.25) is 10.2 Å². The predicted molar refractivity (Wildman–Crippen MR) is 80.7 cm³/mol. The Morgan fingerprint density at radius 3 is 2.19 bits per heavy atom. The van der Waals surface area contributed by atoms with Gasteiger partial charge in [0, 0.05) is 26.2 Å². The second-order valence-corrected chi connectivity index (χ2v) is 5.89. The molecule has 0 unspecified atom stereocenters. The van der Waals surface area contributed by atoms with Gasteiger partial charge in [0.15, 0.2) is 0 Å². The first kappa shape index (κ1) is 17.0. The number of benzene rings is 1. The average Bonchev–Trinajstić information content (AvgIpc) is 2.34. The summed E-state index contributed by atoms with van der Waals surface area (Å²) in [6.07, 6.45) is -0.461. The number of hydrazine groups is 1. The van der Waals surface area contributed by atoms with E-state index in [1.54, 1.807) is 43.4 Å². The standard InChI is InChI=1S/C15H23N3O3/c1-15(2,3)21-14(20)16-10-11-6-8-12(9-7-11)13(19)17-18(4)5/h6-9H,10H2,1-5H3,(H,16,20)(H,17,19). The molecule has 116 valence electrons. The number of amides is 2. The highest BCUT2D eigenvalue weighted by Crippen LogP contribution is 2.08. The molecule has 1 aromatic rings. The van der Waals surface area contributed by atoms with Crippen LogP contribution in [0.3, 0.4) is 0 Å². The minimum Gasteiger partial charge on any atom is -0.444 e. The summed E-state index contributed by atoms with van der Waals surface area (Å²) in [5.41, 5.74) is 3.59. The van der Waals surface area contributed by atoms with Crippen LogP contribution in [0.4, 0.5) is 4.79 Å². The zero-order chi connectivity index (χ0) is 16.0. The summed E-state index contributed by atoms with van der Waals surface area (Å²) in [7, 11) is 3.49. The first-order chi connectivity index (χ1) is 9.67. The molecule has 0 saturated heterocycles. The zero-order valence-corrected chi connectivity index (χ0v) is 13.2. The lowest BCUT2D eigenvalue weighted by molar-refractivity contribution is 0.0523. The van der Waals surface area contributed by atoms with Gasteiger partial charge in [0.25, 0.3) is 5.91 Å². The Hall–Kier alpha value is -2.08. The molecular formula is C15H23N3O3. The van der Waals surface area contributed by atoms with Gasteiger partial charge in [-0.15, -0.1) is 0 Å². The van der Waals surface area contributed by atoms with Crippen LogP contribution in [0, 0.1) is 0 Å². The fraction of sp³-hybridized carbons (Fsp3) is 0.467. The third kappa shape index (κ3) is 6.76. The molecule has 6 heteroatoms. The van der Waals surface area contributed by atoms with E-state index >= 15 is 0 Å². The van der Waals surface area contributed by atoms with Crippen LogP contribution < -0.4 is 10.7 Å². The van der Waals surface area contributed by atoms with Crippen molar-refractivity contribution in [2.24, 2.45) is 0 Å². The molecule has 0 fully saturated rings. The van der Waals surface area contributed by atoms with Gasteiger partial charge in [0.2, 0.25) is 0 Å². The number of hydrogen-bond donors (Lipinski definition) is 2. The van der Waals surface area contributed by atoms with Crippen LogP contribution in [-0.2, 0) is 11.3 Å². The lowest BCUT2D eigenvalue weighted by atomic mass is 10.1. The van der Waals surface area contributed by atoms with Crippen LogP contribution >= 0.6 is 0 Å². The molecular weight excluding hydrogens is 270 g/mol. The van der Waals surface area contributed by atoms with E-state index in [1.165, 1.54) is 0 Å². The van der Waals surface area contributed by atoms with E-state index in [4.69, 9.17) is 4.74 Å². The second kappa shape index (κ2) is 7.08. The maximum atomic E-state index is 11.7. The third-order valence-corrected chi connectivity index (χ3v) is 2.38. The Morgan fingerprint density at radius 2 is 1.71 bits per heavy atom. The van der Waals surface area contributed by atoms with E-state index in [2.05, 4.69) is 10.7 Å². The average molecular weight is 293 g/mol. The third-order valence-electron chi connectivity index (χ3n) is 2.38. The van der Waals surface area contributed by atoms with Crippen molar-refractivity contribution in [3.63, 3.8) is 0 Å². The topological polar surface area (TPSA) is 70.7 Å². The van der Waals surface area contributed by atoms with E-state index < -0.39 is 11.7 Å². The van der Waals surface area contributed by atoms with Crippen molar-refractivity contribution in [1.29, 1.82) is 0 Å². The number of rotatable bonds is 4. The van der Waals surface area contributed by atoms with Crippen LogP contribution in [0.1, 0.15) is 36.7 Å². The highest BCUT2D eigenvalue weighted by Gasteiger charge is 2.15. The normalized spacial score (nSPS) is 11.1. The van der Waals surface area contributed by atoms with Gasteiger partial charge in [-0.05, 0) is 38.5 Å². The summed E-state index contributed by atoms with van der Waals surface area (Å²) < 4.78 is 5.15. The number of nitrogens with one attached hydrogen (secondary N) is 2. The molecule has 0 atom stereocenters. The van der Waals surface area contributed by atoms with Crippen LogP contribution in [0.25, 0.3) is 0 Å². The molecule has 1 rings (SSSR count). The van der Waals surface area contributed by atoms with Crippen molar-refractivity contribution in [2.75, 3.05) is 14.1 Å². The molecule has 0 spiro atoms. The molecule has 0 saturated carbocycles. The van der Waals surface area contributed by atoms with E-state index in [9.17, 15) is 9.59 Å². The molecule has 0 aliphatic heterocycles. The molecule has 0 aromatic heterocycles.